The number of hydrogen-bond donors (Lipinski definition) is 2. The number of pyridine rings is 1. The second kappa shape index (κ2) is 6.10. The van der Waals surface area contributed by atoms with Crippen molar-refractivity contribution in [2.24, 2.45) is 0 Å². The predicted molar refractivity (Wildman–Crippen MR) is 81.2 cm³/mol. The molecule has 5 nitrogen and oxygen atoms in total. The maximum Gasteiger partial charge on any atom is 0.234 e. The second-order valence-electron chi connectivity index (χ2n) is 5.28. The van der Waals surface area contributed by atoms with Gasteiger partial charge in [0.2, 0.25) is 5.91 Å². The minimum atomic E-state index is 0.0517. The Kier molecular flexibility index (Phi) is 4.01. The Morgan fingerprint density at radius 3 is 2.95 bits per heavy atom. The van der Waals surface area contributed by atoms with Gasteiger partial charge in [-0.15, -0.1) is 0 Å². The summed E-state index contributed by atoms with van der Waals surface area (Å²) in [6.45, 7) is 0.883. The fourth-order valence-electron chi connectivity index (χ4n) is 2.23. The third-order valence-corrected chi connectivity index (χ3v) is 3.49. The van der Waals surface area contributed by atoms with E-state index in [4.69, 9.17) is 4.74 Å². The molecule has 0 bridgehead atoms. The molecule has 1 aliphatic carbocycles. The van der Waals surface area contributed by atoms with Crippen molar-refractivity contribution in [3.8, 4) is 5.75 Å². The van der Waals surface area contributed by atoms with Crippen molar-refractivity contribution in [1.82, 2.24) is 15.6 Å². The minimum Gasteiger partial charge on any atom is -0.494 e. The average molecular weight is 285 g/mol. The summed E-state index contributed by atoms with van der Waals surface area (Å²) in [6.07, 6.45) is 2.22. The Bertz CT molecular complexity index is 653. The molecule has 1 saturated carbocycles. The van der Waals surface area contributed by atoms with Gasteiger partial charge >= 0.3 is 0 Å². The van der Waals surface area contributed by atoms with Gasteiger partial charge in [-0.1, -0.05) is 18.2 Å². The standard InChI is InChI=1S/C16H19N3O2/c1-21-14-4-2-3-11-5-6-13(19-16(11)14)9-17-10-15(20)18-12-7-8-12/h2-6,12,17H,7-10H2,1H3,(H,18,20). The topological polar surface area (TPSA) is 63.2 Å². The van der Waals surface area contributed by atoms with Gasteiger partial charge in [0.1, 0.15) is 11.3 Å². The average Bonchev–Trinajstić information content (AvgIpc) is 3.30. The molecule has 0 radical (unpaired) electrons. The zero-order chi connectivity index (χ0) is 14.7. The number of fused-ring (bicyclic) bond motifs is 1. The zero-order valence-electron chi connectivity index (χ0n) is 12.1. The van der Waals surface area contributed by atoms with Gasteiger partial charge in [0.25, 0.3) is 0 Å². The van der Waals surface area contributed by atoms with Gasteiger partial charge < -0.3 is 15.4 Å². The Balaban J connectivity index is 1.62. The lowest BCUT2D eigenvalue weighted by atomic mass is 10.2. The lowest BCUT2D eigenvalue weighted by Crippen LogP contribution is -2.34. The molecule has 0 saturated heterocycles. The molecule has 0 unspecified atom stereocenters. The summed E-state index contributed by atoms with van der Waals surface area (Å²) in [7, 11) is 1.64. The van der Waals surface area contributed by atoms with Crippen LogP contribution in [0.5, 0.6) is 5.75 Å². The molecule has 0 spiro atoms. The summed E-state index contributed by atoms with van der Waals surface area (Å²) in [5.74, 6) is 0.816. The van der Waals surface area contributed by atoms with Crippen LogP contribution in [0.1, 0.15) is 18.5 Å². The molecule has 1 aliphatic rings. The van der Waals surface area contributed by atoms with Gasteiger partial charge in [0, 0.05) is 18.0 Å². The van der Waals surface area contributed by atoms with E-state index in [0.717, 1.165) is 35.2 Å². The summed E-state index contributed by atoms with van der Waals surface area (Å²) < 4.78 is 5.33. The van der Waals surface area contributed by atoms with Crippen LogP contribution in [0.2, 0.25) is 0 Å². The fourth-order valence-corrected chi connectivity index (χ4v) is 2.23. The quantitative estimate of drug-likeness (QED) is 0.846. The first-order valence-electron chi connectivity index (χ1n) is 7.19. The largest absolute Gasteiger partial charge is 0.494 e. The highest BCUT2D eigenvalue weighted by atomic mass is 16.5. The Labute approximate surface area is 123 Å². The molecule has 3 rings (SSSR count). The smallest absolute Gasteiger partial charge is 0.234 e. The maximum absolute atomic E-state index is 11.6. The van der Waals surface area contributed by atoms with E-state index in [1.54, 1.807) is 7.11 Å². The van der Waals surface area contributed by atoms with Crippen LogP contribution >= 0.6 is 0 Å². The van der Waals surface area contributed by atoms with Crippen LogP contribution in [0.15, 0.2) is 30.3 Å². The molecule has 21 heavy (non-hydrogen) atoms. The number of amides is 1. The zero-order valence-corrected chi connectivity index (χ0v) is 12.1. The van der Waals surface area contributed by atoms with Crippen LogP contribution in [0.25, 0.3) is 10.9 Å². The highest BCUT2D eigenvalue weighted by molar-refractivity contribution is 5.84. The summed E-state index contributed by atoms with van der Waals surface area (Å²) in [5, 5.41) is 7.11. The minimum absolute atomic E-state index is 0.0517. The molecule has 1 aromatic heterocycles. The molecule has 2 N–H and O–H groups in total. The van der Waals surface area contributed by atoms with Gasteiger partial charge in [-0.25, -0.2) is 4.98 Å². The normalized spacial score (nSPS) is 14.1. The molecular weight excluding hydrogens is 266 g/mol. The van der Waals surface area contributed by atoms with Crippen molar-refractivity contribution < 1.29 is 9.53 Å². The van der Waals surface area contributed by atoms with Crippen molar-refractivity contribution in [2.75, 3.05) is 13.7 Å². The van der Waals surface area contributed by atoms with Crippen molar-refractivity contribution in [1.29, 1.82) is 0 Å². The van der Waals surface area contributed by atoms with E-state index in [0.29, 0.717) is 19.1 Å². The van der Waals surface area contributed by atoms with E-state index in [1.807, 2.05) is 30.3 Å². The lowest BCUT2D eigenvalue weighted by molar-refractivity contribution is -0.120. The first-order valence-corrected chi connectivity index (χ1v) is 7.19. The number of hydrogen-bond acceptors (Lipinski definition) is 4. The number of carbonyl (C=O) groups is 1. The number of aromatic nitrogens is 1. The molecule has 1 aromatic carbocycles. The lowest BCUT2D eigenvalue weighted by Gasteiger charge is -2.08. The van der Waals surface area contributed by atoms with Crippen molar-refractivity contribution in [3.63, 3.8) is 0 Å². The Morgan fingerprint density at radius 2 is 2.19 bits per heavy atom. The maximum atomic E-state index is 11.6. The van der Waals surface area contributed by atoms with Crippen LogP contribution in [0.3, 0.4) is 0 Å². The summed E-state index contributed by atoms with van der Waals surface area (Å²) in [5.41, 5.74) is 1.74. The van der Waals surface area contributed by atoms with Crippen LogP contribution < -0.4 is 15.4 Å². The number of ether oxygens (including phenoxy) is 1. The number of para-hydroxylation sites is 1. The molecule has 0 aliphatic heterocycles. The van der Waals surface area contributed by atoms with Crippen LogP contribution in [0, 0.1) is 0 Å². The first-order chi connectivity index (χ1) is 10.3. The van der Waals surface area contributed by atoms with Gasteiger partial charge in [-0.2, -0.15) is 0 Å². The van der Waals surface area contributed by atoms with E-state index in [-0.39, 0.29) is 5.91 Å². The van der Waals surface area contributed by atoms with Gasteiger partial charge in [0.15, 0.2) is 0 Å². The number of rotatable bonds is 6. The van der Waals surface area contributed by atoms with Crippen LogP contribution in [0.4, 0.5) is 0 Å². The predicted octanol–water partition coefficient (Wildman–Crippen LogP) is 1.61. The molecule has 110 valence electrons. The Morgan fingerprint density at radius 1 is 1.33 bits per heavy atom. The number of benzene rings is 1. The van der Waals surface area contributed by atoms with E-state index in [1.165, 1.54) is 0 Å². The monoisotopic (exact) mass is 285 g/mol. The molecule has 2 aromatic rings. The highest BCUT2D eigenvalue weighted by Crippen LogP contribution is 2.23. The summed E-state index contributed by atoms with van der Waals surface area (Å²) >= 11 is 0. The Hall–Kier alpha value is -2.14. The summed E-state index contributed by atoms with van der Waals surface area (Å²) in [6, 6.07) is 10.2. The van der Waals surface area contributed by atoms with Crippen molar-refractivity contribution in [2.45, 2.75) is 25.4 Å². The van der Waals surface area contributed by atoms with Crippen LogP contribution in [-0.4, -0.2) is 30.6 Å². The number of nitrogens with zero attached hydrogens (tertiary/aromatic N) is 1. The van der Waals surface area contributed by atoms with Gasteiger partial charge in [-0.3, -0.25) is 4.79 Å². The molecule has 1 fully saturated rings. The molecule has 1 amide bonds. The van der Waals surface area contributed by atoms with Crippen LogP contribution in [-0.2, 0) is 11.3 Å². The number of nitrogens with one attached hydrogen (secondary N) is 2. The van der Waals surface area contributed by atoms with Crippen molar-refractivity contribution in [3.05, 3.63) is 36.0 Å². The number of methoxy groups -OCH3 is 1. The molecule has 5 heteroatoms. The second-order valence-corrected chi connectivity index (χ2v) is 5.28. The highest BCUT2D eigenvalue weighted by Gasteiger charge is 2.22. The third-order valence-electron chi connectivity index (χ3n) is 3.49. The molecule has 0 atom stereocenters. The first kappa shape index (κ1) is 13.8. The van der Waals surface area contributed by atoms with E-state index in [9.17, 15) is 4.79 Å². The third kappa shape index (κ3) is 3.49. The SMILES string of the molecule is COc1cccc2ccc(CNCC(=O)NC3CC3)nc12. The van der Waals surface area contributed by atoms with Gasteiger partial charge in [-0.05, 0) is 25.0 Å². The fraction of sp³-hybridized carbons (Fsp3) is 0.375. The van der Waals surface area contributed by atoms with Gasteiger partial charge in [0.05, 0.1) is 19.3 Å². The van der Waals surface area contributed by atoms with E-state index < -0.39 is 0 Å². The summed E-state index contributed by atoms with van der Waals surface area (Å²) in [4.78, 5) is 16.2. The van der Waals surface area contributed by atoms with E-state index >= 15 is 0 Å². The van der Waals surface area contributed by atoms with Crippen molar-refractivity contribution >= 4 is 16.8 Å². The molecular formula is C16H19N3O2. The van der Waals surface area contributed by atoms with E-state index in [2.05, 4.69) is 15.6 Å². The number of carbonyl (C=O) groups excluding carboxylic acids is 1. The molecule has 1 heterocycles.